The molecule has 0 amide bonds. The topological polar surface area (TPSA) is 70.9 Å². The van der Waals surface area contributed by atoms with Crippen molar-refractivity contribution in [2.45, 2.75) is 32.2 Å². The minimum absolute atomic E-state index is 0.546. The number of rotatable bonds is 4. The van der Waals surface area contributed by atoms with Crippen molar-refractivity contribution in [1.82, 2.24) is 18.9 Å². The van der Waals surface area contributed by atoms with Gasteiger partial charge in [0.1, 0.15) is 17.5 Å². The highest BCUT2D eigenvalue weighted by molar-refractivity contribution is 5.58. The van der Waals surface area contributed by atoms with Crippen LogP contribution < -0.4 is 5.32 Å². The molecule has 1 aliphatic heterocycles. The van der Waals surface area contributed by atoms with E-state index in [0.29, 0.717) is 11.5 Å². The maximum Gasteiger partial charge on any atom is 0.168 e. The highest BCUT2D eigenvalue weighted by Gasteiger charge is 2.13. The Kier molecular flexibility index (Phi) is 3.46. The van der Waals surface area contributed by atoms with Gasteiger partial charge in [0.25, 0.3) is 0 Å². The van der Waals surface area contributed by atoms with Crippen molar-refractivity contribution < 1.29 is 0 Å². The second kappa shape index (κ2) is 5.76. The summed E-state index contributed by atoms with van der Waals surface area (Å²) < 4.78 is 4.07. The van der Waals surface area contributed by atoms with E-state index in [1.54, 1.807) is 4.40 Å². The van der Waals surface area contributed by atoms with Gasteiger partial charge in [0, 0.05) is 38.3 Å². The van der Waals surface area contributed by atoms with E-state index in [1.165, 1.54) is 18.7 Å². The minimum atomic E-state index is 0.546. The summed E-state index contributed by atoms with van der Waals surface area (Å²) in [5.41, 5.74) is 2.44. The number of aromatic nitrogens is 4. The number of anilines is 1. The SMILES string of the molecule is N#Cc1c(NCCc2cn3c(n2)CCCC3)nc2ccccn12. The molecule has 0 radical (unpaired) electrons. The van der Waals surface area contributed by atoms with Gasteiger partial charge in [-0.05, 0) is 25.0 Å². The molecule has 4 rings (SSSR count). The summed E-state index contributed by atoms with van der Waals surface area (Å²) >= 11 is 0. The third kappa shape index (κ3) is 2.55. The second-order valence-corrected chi connectivity index (χ2v) is 5.83. The summed E-state index contributed by atoms with van der Waals surface area (Å²) in [4.78, 5) is 9.18. The number of aryl methyl sites for hydroxylation is 2. The lowest BCUT2D eigenvalue weighted by Crippen LogP contribution is -2.08. The first-order valence-electron chi connectivity index (χ1n) is 8.01. The zero-order chi connectivity index (χ0) is 15.6. The molecule has 1 N–H and O–H groups in total. The predicted octanol–water partition coefficient (Wildman–Crippen LogP) is 2.39. The third-order valence-corrected chi connectivity index (χ3v) is 4.27. The van der Waals surface area contributed by atoms with Crippen molar-refractivity contribution in [2.24, 2.45) is 0 Å². The van der Waals surface area contributed by atoms with Crippen LogP contribution in [-0.4, -0.2) is 25.5 Å². The first-order chi connectivity index (χ1) is 11.3. The van der Waals surface area contributed by atoms with Crippen molar-refractivity contribution in [2.75, 3.05) is 11.9 Å². The first-order valence-corrected chi connectivity index (χ1v) is 8.01. The molecule has 23 heavy (non-hydrogen) atoms. The van der Waals surface area contributed by atoms with E-state index in [4.69, 9.17) is 4.98 Å². The Morgan fingerprint density at radius 3 is 3.09 bits per heavy atom. The molecule has 0 unspecified atom stereocenters. The highest BCUT2D eigenvalue weighted by Crippen LogP contribution is 2.17. The van der Waals surface area contributed by atoms with Crippen LogP contribution in [-0.2, 0) is 19.4 Å². The first kappa shape index (κ1) is 13.8. The van der Waals surface area contributed by atoms with Crippen molar-refractivity contribution in [3.63, 3.8) is 0 Å². The standard InChI is InChI=1S/C17H18N6/c18-11-14-17(21-16-6-2-4-10-23(14)16)19-8-7-13-12-22-9-3-1-5-15(22)20-13/h2,4,6,10,12,19H,1,3,5,7-9H2. The van der Waals surface area contributed by atoms with Crippen LogP contribution in [0.5, 0.6) is 0 Å². The van der Waals surface area contributed by atoms with Gasteiger partial charge in [0.15, 0.2) is 11.5 Å². The molecule has 0 aliphatic carbocycles. The van der Waals surface area contributed by atoms with Crippen LogP contribution in [0.15, 0.2) is 30.6 Å². The maximum absolute atomic E-state index is 9.37. The van der Waals surface area contributed by atoms with E-state index in [0.717, 1.165) is 37.3 Å². The molecule has 6 heteroatoms. The molecule has 0 fully saturated rings. The fourth-order valence-electron chi connectivity index (χ4n) is 3.13. The fraction of sp³-hybridized carbons (Fsp3) is 0.353. The molecule has 0 bridgehead atoms. The van der Waals surface area contributed by atoms with Crippen LogP contribution in [0, 0.1) is 11.3 Å². The van der Waals surface area contributed by atoms with Crippen LogP contribution >= 0.6 is 0 Å². The van der Waals surface area contributed by atoms with E-state index in [-0.39, 0.29) is 0 Å². The Labute approximate surface area is 134 Å². The quantitative estimate of drug-likeness (QED) is 0.803. The Bertz CT molecular complexity index is 859. The van der Waals surface area contributed by atoms with E-state index >= 15 is 0 Å². The van der Waals surface area contributed by atoms with Gasteiger partial charge < -0.3 is 9.88 Å². The lowest BCUT2D eigenvalue weighted by molar-refractivity contribution is 0.522. The molecule has 1 aliphatic rings. The van der Waals surface area contributed by atoms with Crippen LogP contribution in [0.4, 0.5) is 5.82 Å². The van der Waals surface area contributed by atoms with E-state index in [1.807, 2.05) is 24.4 Å². The number of imidazole rings is 2. The molecular weight excluding hydrogens is 288 g/mol. The third-order valence-electron chi connectivity index (χ3n) is 4.27. The number of fused-ring (bicyclic) bond motifs is 2. The van der Waals surface area contributed by atoms with Gasteiger partial charge in [-0.25, -0.2) is 9.97 Å². The molecule has 4 heterocycles. The Morgan fingerprint density at radius 2 is 2.22 bits per heavy atom. The molecule has 0 aromatic carbocycles. The number of hydrogen-bond acceptors (Lipinski definition) is 4. The van der Waals surface area contributed by atoms with Crippen molar-refractivity contribution in [1.29, 1.82) is 5.26 Å². The molecule has 116 valence electrons. The van der Waals surface area contributed by atoms with E-state index in [9.17, 15) is 5.26 Å². The van der Waals surface area contributed by atoms with Crippen LogP contribution in [0.1, 0.15) is 30.1 Å². The van der Waals surface area contributed by atoms with Gasteiger partial charge in [-0.2, -0.15) is 5.26 Å². The fourth-order valence-corrected chi connectivity index (χ4v) is 3.13. The molecular formula is C17H18N6. The lowest BCUT2D eigenvalue weighted by atomic mass is 10.2. The predicted molar refractivity (Wildman–Crippen MR) is 87.3 cm³/mol. The molecule has 0 atom stereocenters. The summed E-state index contributed by atoms with van der Waals surface area (Å²) in [7, 11) is 0. The minimum Gasteiger partial charge on any atom is -0.367 e. The second-order valence-electron chi connectivity index (χ2n) is 5.83. The number of nitrogens with zero attached hydrogens (tertiary/aromatic N) is 5. The largest absolute Gasteiger partial charge is 0.367 e. The van der Waals surface area contributed by atoms with Gasteiger partial charge in [-0.15, -0.1) is 0 Å². The van der Waals surface area contributed by atoms with Gasteiger partial charge >= 0.3 is 0 Å². The summed E-state index contributed by atoms with van der Waals surface area (Å²) in [6.07, 6.45) is 8.41. The zero-order valence-corrected chi connectivity index (χ0v) is 12.9. The molecule has 0 spiro atoms. The summed E-state index contributed by atoms with van der Waals surface area (Å²) in [5.74, 6) is 1.85. The molecule has 3 aromatic heterocycles. The molecule has 3 aromatic rings. The zero-order valence-electron chi connectivity index (χ0n) is 12.9. The number of nitrogens with one attached hydrogen (secondary N) is 1. The van der Waals surface area contributed by atoms with Crippen molar-refractivity contribution in [3.05, 3.63) is 47.8 Å². The summed E-state index contributed by atoms with van der Waals surface area (Å²) in [6, 6.07) is 7.94. The molecule has 0 saturated carbocycles. The maximum atomic E-state index is 9.37. The monoisotopic (exact) mass is 306 g/mol. The average molecular weight is 306 g/mol. The van der Waals surface area contributed by atoms with Crippen molar-refractivity contribution in [3.8, 4) is 6.07 Å². The highest BCUT2D eigenvalue weighted by atomic mass is 15.1. The summed E-state index contributed by atoms with van der Waals surface area (Å²) in [5, 5.41) is 12.6. The van der Waals surface area contributed by atoms with Crippen LogP contribution in [0.2, 0.25) is 0 Å². The number of pyridine rings is 1. The number of hydrogen-bond donors (Lipinski definition) is 1. The van der Waals surface area contributed by atoms with Gasteiger partial charge in [0.05, 0.1) is 5.69 Å². The molecule has 0 saturated heterocycles. The molecule has 6 nitrogen and oxygen atoms in total. The Morgan fingerprint density at radius 1 is 1.26 bits per heavy atom. The lowest BCUT2D eigenvalue weighted by Gasteiger charge is -2.11. The average Bonchev–Trinajstić information content (AvgIpc) is 3.14. The summed E-state index contributed by atoms with van der Waals surface area (Å²) in [6.45, 7) is 1.80. The Hall–Kier alpha value is -2.81. The number of nitriles is 1. The van der Waals surface area contributed by atoms with E-state index < -0.39 is 0 Å². The van der Waals surface area contributed by atoms with Gasteiger partial charge in [-0.1, -0.05) is 6.07 Å². The van der Waals surface area contributed by atoms with E-state index in [2.05, 4.69) is 27.1 Å². The van der Waals surface area contributed by atoms with Crippen LogP contribution in [0.25, 0.3) is 5.65 Å². The Balaban J connectivity index is 1.47. The van der Waals surface area contributed by atoms with Gasteiger partial charge in [0.2, 0.25) is 0 Å². The smallest absolute Gasteiger partial charge is 0.168 e. The van der Waals surface area contributed by atoms with Crippen molar-refractivity contribution >= 4 is 11.5 Å². The van der Waals surface area contributed by atoms with Crippen LogP contribution in [0.3, 0.4) is 0 Å². The van der Waals surface area contributed by atoms with Gasteiger partial charge in [-0.3, -0.25) is 4.40 Å². The normalized spacial score (nSPS) is 13.7.